The standard InChI is InChI=1S/C11H14FNO/c12-10(11(13)14)8-4-7-9-5-2-1-3-6-9/h1-3,5-6,10H,4,7-8H2,(H2,13,14). The lowest BCUT2D eigenvalue weighted by Gasteiger charge is -2.03. The third-order valence-electron chi connectivity index (χ3n) is 2.07. The Labute approximate surface area is 82.9 Å². The van der Waals surface area contributed by atoms with Crippen molar-refractivity contribution in [3.8, 4) is 0 Å². The molecule has 0 spiro atoms. The SMILES string of the molecule is NC(=O)C(F)CCCc1ccccc1. The molecule has 2 N–H and O–H groups in total. The van der Waals surface area contributed by atoms with Crippen LogP contribution in [0.3, 0.4) is 0 Å². The van der Waals surface area contributed by atoms with Crippen molar-refractivity contribution in [2.24, 2.45) is 5.73 Å². The number of halogens is 1. The van der Waals surface area contributed by atoms with Crippen molar-refractivity contribution in [1.29, 1.82) is 0 Å². The van der Waals surface area contributed by atoms with Crippen molar-refractivity contribution in [3.63, 3.8) is 0 Å². The van der Waals surface area contributed by atoms with Crippen LogP contribution in [0.5, 0.6) is 0 Å². The van der Waals surface area contributed by atoms with Gasteiger partial charge in [0.15, 0.2) is 6.17 Å². The van der Waals surface area contributed by atoms with Crippen LogP contribution in [0.2, 0.25) is 0 Å². The normalized spacial score (nSPS) is 12.4. The Balaban J connectivity index is 2.26. The van der Waals surface area contributed by atoms with Crippen LogP contribution in [0.4, 0.5) is 4.39 Å². The fraction of sp³-hybridized carbons (Fsp3) is 0.364. The Morgan fingerprint density at radius 2 is 2.00 bits per heavy atom. The summed E-state index contributed by atoms with van der Waals surface area (Å²) in [7, 11) is 0. The molecule has 1 aromatic rings. The van der Waals surface area contributed by atoms with E-state index in [1.807, 2.05) is 30.3 Å². The Kier molecular flexibility index (Phi) is 4.11. The molecule has 1 unspecified atom stereocenters. The predicted octanol–water partition coefficient (Wildman–Crippen LogP) is 1.83. The summed E-state index contributed by atoms with van der Waals surface area (Å²) >= 11 is 0. The molecule has 0 radical (unpaired) electrons. The lowest BCUT2D eigenvalue weighted by molar-refractivity contribution is -0.122. The van der Waals surface area contributed by atoms with E-state index in [9.17, 15) is 9.18 Å². The largest absolute Gasteiger partial charge is 0.367 e. The average Bonchev–Trinajstić information content (AvgIpc) is 2.19. The number of primary amides is 1. The second-order valence-electron chi connectivity index (χ2n) is 3.25. The smallest absolute Gasteiger partial charge is 0.251 e. The van der Waals surface area contributed by atoms with E-state index in [-0.39, 0.29) is 6.42 Å². The Bertz CT molecular complexity index is 287. The van der Waals surface area contributed by atoms with Gasteiger partial charge in [0.05, 0.1) is 0 Å². The van der Waals surface area contributed by atoms with Crippen molar-refractivity contribution in [1.82, 2.24) is 0 Å². The van der Waals surface area contributed by atoms with Crippen LogP contribution in [-0.2, 0) is 11.2 Å². The molecule has 0 fully saturated rings. The van der Waals surface area contributed by atoms with E-state index >= 15 is 0 Å². The quantitative estimate of drug-likeness (QED) is 0.765. The van der Waals surface area contributed by atoms with E-state index < -0.39 is 12.1 Å². The Morgan fingerprint density at radius 1 is 1.36 bits per heavy atom. The van der Waals surface area contributed by atoms with Crippen molar-refractivity contribution in [2.75, 3.05) is 0 Å². The molecular formula is C11H14FNO. The van der Waals surface area contributed by atoms with Gasteiger partial charge in [-0.3, -0.25) is 4.79 Å². The molecular weight excluding hydrogens is 181 g/mol. The highest BCUT2D eigenvalue weighted by Gasteiger charge is 2.11. The molecule has 0 aliphatic heterocycles. The van der Waals surface area contributed by atoms with Gasteiger partial charge in [-0.15, -0.1) is 0 Å². The molecule has 0 heterocycles. The van der Waals surface area contributed by atoms with E-state index in [1.54, 1.807) is 0 Å². The van der Waals surface area contributed by atoms with Crippen LogP contribution in [0.1, 0.15) is 18.4 Å². The molecule has 0 saturated heterocycles. The molecule has 0 saturated carbocycles. The molecule has 0 aliphatic rings. The van der Waals surface area contributed by atoms with Gasteiger partial charge in [0.25, 0.3) is 5.91 Å². The van der Waals surface area contributed by atoms with Gasteiger partial charge in [-0.05, 0) is 24.8 Å². The maximum absolute atomic E-state index is 12.8. The van der Waals surface area contributed by atoms with Gasteiger partial charge in [-0.25, -0.2) is 4.39 Å². The van der Waals surface area contributed by atoms with E-state index in [4.69, 9.17) is 5.73 Å². The molecule has 3 heteroatoms. The maximum Gasteiger partial charge on any atom is 0.251 e. The first-order chi connectivity index (χ1) is 6.70. The van der Waals surface area contributed by atoms with E-state index in [2.05, 4.69) is 0 Å². The third-order valence-corrected chi connectivity index (χ3v) is 2.07. The lowest BCUT2D eigenvalue weighted by atomic mass is 10.1. The van der Waals surface area contributed by atoms with Gasteiger partial charge in [0.2, 0.25) is 0 Å². The number of benzene rings is 1. The van der Waals surface area contributed by atoms with Gasteiger partial charge in [-0.1, -0.05) is 30.3 Å². The van der Waals surface area contributed by atoms with Gasteiger partial charge >= 0.3 is 0 Å². The lowest BCUT2D eigenvalue weighted by Crippen LogP contribution is -2.24. The molecule has 0 bridgehead atoms. The van der Waals surface area contributed by atoms with Crippen LogP contribution in [0.25, 0.3) is 0 Å². The summed E-state index contributed by atoms with van der Waals surface area (Å²) in [5, 5.41) is 0. The number of aryl methyl sites for hydroxylation is 1. The number of carbonyl (C=O) groups excluding carboxylic acids is 1. The minimum absolute atomic E-state index is 0.213. The second kappa shape index (κ2) is 5.37. The summed E-state index contributed by atoms with van der Waals surface area (Å²) in [4.78, 5) is 10.4. The minimum atomic E-state index is -1.50. The van der Waals surface area contributed by atoms with Gasteiger partial charge in [-0.2, -0.15) is 0 Å². The van der Waals surface area contributed by atoms with Crippen molar-refractivity contribution in [3.05, 3.63) is 35.9 Å². The summed E-state index contributed by atoms with van der Waals surface area (Å²) < 4.78 is 12.8. The number of hydrogen-bond donors (Lipinski definition) is 1. The first-order valence-electron chi connectivity index (χ1n) is 4.67. The summed E-state index contributed by atoms with van der Waals surface area (Å²) in [6.45, 7) is 0. The summed E-state index contributed by atoms with van der Waals surface area (Å²) in [5.74, 6) is -0.863. The Hall–Kier alpha value is -1.38. The topological polar surface area (TPSA) is 43.1 Å². The average molecular weight is 195 g/mol. The fourth-order valence-electron chi connectivity index (χ4n) is 1.27. The minimum Gasteiger partial charge on any atom is -0.367 e. The van der Waals surface area contributed by atoms with Crippen LogP contribution in [0.15, 0.2) is 30.3 Å². The first kappa shape index (κ1) is 10.7. The van der Waals surface area contributed by atoms with Gasteiger partial charge < -0.3 is 5.73 Å². The maximum atomic E-state index is 12.8. The van der Waals surface area contributed by atoms with E-state index in [0.29, 0.717) is 6.42 Å². The number of amides is 1. The molecule has 76 valence electrons. The number of hydrogen-bond acceptors (Lipinski definition) is 1. The first-order valence-corrected chi connectivity index (χ1v) is 4.67. The van der Waals surface area contributed by atoms with Gasteiger partial charge in [0, 0.05) is 0 Å². The molecule has 0 aromatic heterocycles. The fourth-order valence-corrected chi connectivity index (χ4v) is 1.27. The second-order valence-corrected chi connectivity index (χ2v) is 3.25. The van der Waals surface area contributed by atoms with Crippen molar-refractivity contribution < 1.29 is 9.18 Å². The van der Waals surface area contributed by atoms with Crippen LogP contribution in [0, 0.1) is 0 Å². The summed E-state index contributed by atoms with van der Waals surface area (Å²) in [5.41, 5.74) is 5.96. The molecule has 2 nitrogen and oxygen atoms in total. The number of alkyl halides is 1. The van der Waals surface area contributed by atoms with Gasteiger partial charge in [0.1, 0.15) is 0 Å². The van der Waals surface area contributed by atoms with Crippen molar-refractivity contribution in [2.45, 2.75) is 25.4 Å². The predicted molar refractivity (Wildman–Crippen MR) is 53.5 cm³/mol. The van der Waals surface area contributed by atoms with Crippen LogP contribution >= 0.6 is 0 Å². The number of carbonyl (C=O) groups is 1. The summed E-state index contributed by atoms with van der Waals surface area (Å²) in [6, 6.07) is 9.78. The molecule has 14 heavy (non-hydrogen) atoms. The zero-order chi connectivity index (χ0) is 10.4. The highest BCUT2D eigenvalue weighted by atomic mass is 19.1. The summed E-state index contributed by atoms with van der Waals surface area (Å²) in [6.07, 6.45) is 0.145. The number of rotatable bonds is 5. The molecule has 1 atom stereocenters. The van der Waals surface area contributed by atoms with Crippen LogP contribution in [-0.4, -0.2) is 12.1 Å². The third kappa shape index (κ3) is 3.56. The number of nitrogens with two attached hydrogens (primary N) is 1. The molecule has 0 aliphatic carbocycles. The van der Waals surface area contributed by atoms with Crippen molar-refractivity contribution >= 4 is 5.91 Å². The Morgan fingerprint density at radius 3 is 2.57 bits per heavy atom. The molecule has 1 amide bonds. The monoisotopic (exact) mass is 195 g/mol. The van der Waals surface area contributed by atoms with Crippen LogP contribution < -0.4 is 5.73 Å². The molecule has 1 aromatic carbocycles. The van der Waals surface area contributed by atoms with E-state index in [1.165, 1.54) is 0 Å². The highest BCUT2D eigenvalue weighted by Crippen LogP contribution is 2.07. The zero-order valence-electron chi connectivity index (χ0n) is 7.95. The highest BCUT2D eigenvalue weighted by molar-refractivity contribution is 5.78. The molecule has 1 rings (SSSR count). The zero-order valence-corrected chi connectivity index (χ0v) is 7.95. The van der Waals surface area contributed by atoms with E-state index in [0.717, 1.165) is 12.0 Å².